The Morgan fingerprint density at radius 2 is 1.82 bits per heavy atom. The van der Waals surface area contributed by atoms with Gasteiger partial charge < -0.3 is 0 Å². The largest absolute Gasteiger partial charge is 0.238 e. The van der Waals surface area contributed by atoms with Crippen LogP contribution in [0.25, 0.3) is 0 Å². The minimum atomic E-state index is 0.596. The van der Waals surface area contributed by atoms with E-state index in [0.29, 0.717) is 11.1 Å². The fourth-order valence-corrected chi connectivity index (χ4v) is 3.01. The number of hydrogen-bond donors (Lipinski definition) is 0. The van der Waals surface area contributed by atoms with Crippen LogP contribution in [0, 0.1) is 5.92 Å². The average Bonchev–Trinajstić information content (AvgIpc) is 3.13. The molecule has 1 aromatic rings. The van der Waals surface area contributed by atoms with E-state index < -0.39 is 0 Å². The third-order valence-corrected chi connectivity index (χ3v) is 4.12. The van der Waals surface area contributed by atoms with Crippen molar-refractivity contribution in [2.24, 2.45) is 5.92 Å². The van der Waals surface area contributed by atoms with Gasteiger partial charge >= 0.3 is 0 Å². The van der Waals surface area contributed by atoms with Crippen LogP contribution in [-0.2, 0) is 6.42 Å². The summed E-state index contributed by atoms with van der Waals surface area (Å²) >= 11 is 6.09. The van der Waals surface area contributed by atoms with Crippen LogP contribution < -0.4 is 0 Å². The van der Waals surface area contributed by atoms with Crippen LogP contribution >= 0.6 is 11.6 Å². The molecule has 2 aliphatic carbocycles. The molecule has 0 aromatic carbocycles. The molecule has 2 nitrogen and oxygen atoms in total. The maximum absolute atomic E-state index is 6.09. The standard InChI is InChI=1S/C14H19ClN2/c15-13-9-12(8-10-4-2-1-3-5-10)16-14(17-13)11-6-7-11/h9-11H,1-8H2. The van der Waals surface area contributed by atoms with Gasteiger partial charge in [0.15, 0.2) is 0 Å². The van der Waals surface area contributed by atoms with E-state index in [2.05, 4.69) is 4.98 Å². The Hall–Kier alpha value is -0.630. The Kier molecular flexibility index (Phi) is 3.32. The predicted octanol–water partition coefficient (Wildman–Crippen LogP) is 4.13. The maximum Gasteiger partial charge on any atom is 0.133 e. The molecule has 2 fully saturated rings. The Morgan fingerprint density at radius 1 is 1.06 bits per heavy atom. The fraction of sp³-hybridized carbons (Fsp3) is 0.714. The number of halogens is 1. The van der Waals surface area contributed by atoms with Crippen molar-refractivity contribution in [1.29, 1.82) is 0 Å². The van der Waals surface area contributed by atoms with Crippen LogP contribution in [0.4, 0.5) is 0 Å². The second kappa shape index (κ2) is 4.93. The molecular weight excluding hydrogens is 232 g/mol. The van der Waals surface area contributed by atoms with Crippen LogP contribution in [0.1, 0.15) is 62.4 Å². The molecule has 3 rings (SSSR count). The van der Waals surface area contributed by atoms with Gasteiger partial charge in [0, 0.05) is 11.6 Å². The highest BCUT2D eigenvalue weighted by molar-refractivity contribution is 6.29. The SMILES string of the molecule is Clc1cc(CC2CCCCC2)nc(C2CC2)n1. The molecule has 0 atom stereocenters. The van der Waals surface area contributed by atoms with Crippen LogP contribution in [0.3, 0.4) is 0 Å². The topological polar surface area (TPSA) is 25.8 Å². The van der Waals surface area contributed by atoms with Crippen molar-refractivity contribution in [2.45, 2.75) is 57.3 Å². The molecule has 1 heterocycles. The smallest absolute Gasteiger partial charge is 0.133 e. The van der Waals surface area contributed by atoms with Crippen molar-refractivity contribution < 1.29 is 0 Å². The van der Waals surface area contributed by atoms with Crippen molar-refractivity contribution in [3.63, 3.8) is 0 Å². The molecule has 92 valence electrons. The zero-order chi connectivity index (χ0) is 11.7. The molecule has 0 amide bonds. The van der Waals surface area contributed by atoms with Crippen molar-refractivity contribution in [1.82, 2.24) is 9.97 Å². The first kappa shape index (κ1) is 11.5. The predicted molar refractivity (Wildman–Crippen MR) is 69.3 cm³/mol. The van der Waals surface area contributed by atoms with E-state index in [9.17, 15) is 0 Å². The summed E-state index contributed by atoms with van der Waals surface area (Å²) in [7, 11) is 0. The molecule has 3 heteroatoms. The van der Waals surface area contributed by atoms with Gasteiger partial charge in [0.25, 0.3) is 0 Å². The lowest BCUT2D eigenvalue weighted by atomic mass is 9.86. The number of hydrogen-bond acceptors (Lipinski definition) is 2. The first-order valence-electron chi connectivity index (χ1n) is 6.84. The third kappa shape index (κ3) is 2.98. The van der Waals surface area contributed by atoms with Gasteiger partial charge in [0.2, 0.25) is 0 Å². The number of rotatable bonds is 3. The van der Waals surface area contributed by atoms with Gasteiger partial charge in [0.05, 0.1) is 0 Å². The van der Waals surface area contributed by atoms with Gasteiger partial charge in [-0.25, -0.2) is 9.97 Å². The molecule has 0 spiro atoms. The summed E-state index contributed by atoms with van der Waals surface area (Å²) in [5, 5.41) is 0.632. The lowest BCUT2D eigenvalue weighted by molar-refractivity contribution is 0.354. The summed E-state index contributed by atoms with van der Waals surface area (Å²) < 4.78 is 0. The quantitative estimate of drug-likeness (QED) is 0.754. The van der Waals surface area contributed by atoms with Gasteiger partial charge in [-0.2, -0.15) is 0 Å². The van der Waals surface area contributed by atoms with Crippen molar-refractivity contribution >= 4 is 11.6 Å². The van der Waals surface area contributed by atoms with Crippen LogP contribution in [0.5, 0.6) is 0 Å². The van der Waals surface area contributed by atoms with Crippen LogP contribution in [0.15, 0.2) is 6.07 Å². The molecule has 0 radical (unpaired) electrons. The zero-order valence-electron chi connectivity index (χ0n) is 10.2. The van der Waals surface area contributed by atoms with Gasteiger partial charge in [-0.15, -0.1) is 0 Å². The first-order valence-corrected chi connectivity index (χ1v) is 7.22. The lowest BCUT2D eigenvalue weighted by Gasteiger charge is -2.21. The summed E-state index contributed by atoms with van der Waals surface area (Å²) in [6.45, 7) is 0. The van der Waals surface area contributed by atoms with Crippen LogP contribution in [0.2, 0.25) is 5.15 Å². The van der Waals surface area contributed by atoms with Crippen molar-refractivity contribution in [2.75, 3.05) is 0 Å². The molecule has 2 aliphatic rings. The number of nitrogens with zero attached hydrogens (tertiary/aromatic N) is 2. The Balaban J connectivity index is 1.72. The van der Waals surface area contributed by atoms with Crippen molar-refractivity contribution in [3.05, 3.63) is 22.7 Å². The monoisotopic (exact) mass is 250 g/mol. The van der Waals surface area contributed by atoms with E-state index in [0.717, 1.165) is 18.2 Å². The summed E-state index contributed by atoms with van der Waals surface area (Å²) in [5.74, 6) is 2.41. The third-order valence-electron chi connectivity index (χ3n) is 3.93. The van der Waals surface area contributed by atoms with E-state index in [4.69, 9.17) is 16.6 Å². The van der Waals surface area contributed by atoms with Crippen LogP contribution in [-0.4, -0.2) is 9.97 Å². The molecular formula is C14H19ClN2. The fourth-order valence-electron chi connectivity index (χ4n) is 2.80. The minimum absolute atomic E-state index is 0.596. The molecule has 0 unspecified atom stereocenters. The molecule has 1 aromatic heterocycles. The van der Waals surface area contributed by atoms with E-state index in [-0.39, 0.29) is 0 Å². The molecule has 0 saturated heterocycles. The summed E-state index contributed by atoms with van der Waals surface area (Å²) in [4.78, 5) is 9.04. The Labute approximate surface area is 108 Å². The second-order valence-corrected chi connectivity index (χ2v) is 5.91. The highest BCUT2D eigenvalue weighted by Crippen LogP contribution is 2.38. The zero-order valence-corrected chi connectivity index (χ0v) is 10.9. The summed E-state index contributed by atoms with van der Waals surface area (Å²) in [6, 6.07) is 1.96. The molecule has 0 N–H and O–H groups in total. The summed E-state index contributed by atoms with van der Waals surface area (Å²) in [6.07, 6.45) is 10.5. The van der Waals surface area contributed by atoms with Gasteiger partial charge in [-0.1, -0.05) is 43.7 Å². The molecule has 17 heavy (non-hydrogen) atoms. The highest BCUT2D eigenvalue weighted by Gasteiger charge is 2.27. The van der Waals surface area contributed by atoms with E-state index >= 15 is 0 Å². The Bertz CT molecular complexity index is 395. The number of aromatic nitrogens is 2. The highest BCUT2D eigenvalue weighted by atomic mass is 35.5. The summed E-state index contributed by atoms with van der Waals surface area (Å²) in [5.41, 5.74) is 1.17. The molecule has 2 saturated carbocycles. The van der Waals surface area contributed by atoms with Crippen molar-refractivity contribution in [3.8, 4) is 0 Å². The van der Waals surface area contributed by atoms with Gasteiger partial charge in [0.1, 0.15) is 11.0 Å². The van der Waals surface area contributed by atoms with E-state index in [1.165, 1.54) is 50.6 Å². The van der Waals surface area contributed by atoms with Gasteiger partial charge in [-0.3, -0.25) is 0 Å². The Morgan fingerprint density at radius 3 is 2.53 bits per heavy atom. The maximum atomic E-state index is 6.09. The second-order valence-electron chi connectivity index (χ2n) is 5.52. The normalized spacial score (nSPS) is 21.7. The first-order chi connectivity index (χ1) is 8.31. The minimum Gasteiger partial charge on any atom is -0.238 e. The lowest BCUT2D eigenvalue weighted by Crippen LogP contribution is -2.11. The van der Waals surface area contributed by atoms with Gasteiger partial charge in [-0.05, 0) is 31.2 Å². The average molecular weight is 251 g/mol. The van der Waals surface area contributed by atoms with E-state index in [1.807, 2.05) is 6.07 Å². The van der Waals surface area contributed by atoms with E-state index in [1.54, 1.807) is 0 Å². The molecule has 0 bridgehead atoms. The molecule has 0 aliphatic heterocycles.